The zero-order valence-electron chi connectivity index (χ0n) is 16.3. The van der Waals surface area contributed by atoms with Crippen LogP contribution in [0.1, 0.15) is 25.3 Å². The molecule has 9 nitrogen and oxygen atoms in total. The fourth-order valence-corrected chi connectivity index (χ4v) is 2.22. The number of hydrogen-bond donors (Lipinski definition) is 4. The molecule has 0 aliphatic carbocycles. The molecule has 0 spiro atoms. The summed E-state index contributed by atoms with van der Waals surface area (Å²) in [5.41, 5.74) is 1.55. The minimum atomic E-state index is -0.354. The Morgan fingerprint density at radius 2 is 1.54 bits per heavy atom. The molecule has 4 amide bonds. The molecule has 0 heterocycles. The smallest absolute Gasteiger partial charge is 0.250 e. The van der Waals surface area contributed by atoms with Gasteiger partial charge in [-0.2, -0.15) is 0 Å². The summed E-state index contributed by atoms with van der Waals surface area (Å²) in [4.78, 5) is 45.8. The number of carbonyl (C=O) groups excluding carboxylic acids is 4. The van der Waals surface area contributed by atoms with Gasteiger partial charge in [-0.1, -0.05) is 12.1 Å². The van der Waals surface area contributed by atoms with Gasteiger partial charge in [0.15, 0.2) is 0 Å². The van der Waals surface area contributed by atoms with Crippen LogP contribution in [0, 0.1) is 0 Å². The van der Waals surface area contributed by atoms with Crippen LogP contribution in [0.25, 0.3) is 0 Å². The standard InChI is InChI=1S/C19H28N4O5/c1-3-21-18(26)12-28-13-19(27)23-15-7-4-14(5-8-15)6-9-17(25)22-11-10-16(24)20-2/h4-5,7-8H,3,6,9-13H2,1-2H3,(H,20,24)(H,21,26)(H,22,25)(H,23,27). The molecule has 0 bridgehead atoms. The molecule has 1 rings (SSSR count). The number of benzene rings is 1. The first-order chi connectivity index (χ1) is 13.4. The van der Waals surface area contributed by atoms with Crippen LogP contribution in [0.4, 0.5) is 5.69 Å². The number of amides is 4. The van der Waals surface area contributed by atoms with E-state index in [9.17, 15) is 19.2 Å². The Hall–Kier alpha value is -2.94. The fourth-order valence-electron chi connectivity index (χ4n) is 2.22. The van der Waals surface area contributed by atoms with Crippen LogP contribution in [0.3, 0.4) is 0 Å². The van der Waals surface area contributed by atoms with E-state index in [1.807, 2.05) is 12.1 Å². The van der Waals surface area contributed by atoms with Crippen LogP contribution in [-0.4, -0.2) is 57.0 Å². The van der Waals surface area contributed by atoms with Crippen LogP contribution in [0.5, 0.6) is 0 Å². The van der Waals surface area contributed by atoms with Crippen molar-refractivity contribution >= 4 is 29.3 Å². The number of aryl methyl sites for hydroxylation is 1. The number of nitrogens with one attached hydrogen (secondary N) is 4. The van der Waals surface area contributed by atoms with Crippen molar-refractivity contribution < 1.29 is 23.9 Å². The van der Waals surface area contributed by atoms with Gasteiger partial charge in [0.2, 0.25) is 23.6 Å². The molecule has 0 aliphatic rings. The van der Waals surface area contributed by atoms with E-state index in [2.05, 4.69) is 21.3 Å². The summed E-state index contributed by atoms with van der Waals surface area (Å²) < 4.78 is 5.03. The number of likely N-dealkylation sites (N-methyl/N-ethyl adjacent to an activating group) is 1. The van der Waals surface area contributed by atoms with E-state index in [4.69, 9.17) is 4.74 Å². The molecule has 0 aliphatic heterocycles. The van der Waals surface area contributed by atoms with E-state index in [-0.39, 0.29) is 43.3 Å². The molecule has 0 unspecified atom stereocenters. The summed E-state index contributed by atoms with van der Waals surface area (Å²) in [7, 11) is 1.55. The first kappa shape index (κ1) is 23.1. The molecular formula is C19H28N4O5. The van der Waals surface area contributed by atoms with Crippen molar-refractivity contribution in [2.24, 2.45) is 0 Å². The minimum absolute atomic E-state index is 0.118. The van der Waals surface area contributed by atoms with Gasteiger partial charge in [-0.15, -0.1) is 0 Å². The van der Waals surface area contributed by atoms with Crippen LogP contribution < -0.4 is 21.3 Å². The van der Waals surface area contributed by atoms with Crippen molar-refractivity contribution in [3.05, 3.63) is 29.8 Å². The molecule has 0 fully saturated rings. The third kappa shape index (κ3) is 10.3. The molecule has 0 saturated carbocycles. The van der Waals surface area contributed by atoms with Gasteiger partial charge in [0, 0.05) is 38.7 Å². The van der Waals surface area contributed by atoms with Gasteiger partial charge in [-0.05, 0) is 31.0 Å². The Labute approximate surface area is 164 Å². The highest BCUT2D eigenvalue weighted by Crippen LogP contribution is 2.11. The van der Waals surface area contributed by atoms with E-state index in [1.165, 1.54) is 0 Å². The predicted octanol–water partition coefficient (Wildman–Crippen LogP) is -0.0373. The monoisotopic (exact) mass is 392 g/mol. The number of anilines is 1. The van der Waals surface area contributed by atoms with Crippen LogP contribution in [0.2, 0.25) is 0 Å². The summed E-state index contributed by atoms with van der Waals surface area (Å²) in [6.07, 6.45) is 1.12. The summed E-state index contributed by atoms with van der Waals surface area (Å²) >= 11 is 0. The Morgan fingerprint density at radius 1 is 0.857 bits per heavy atom. The highest BCUT2D eigenvalue weighted by atomic mass is 16.5. The van der Waals surface area contributed by atoms with Crippen LogP contribution >= 0.6 is 0 Å². The van der Waals surface area contributed by atoms with Crippen molar-refractivity contribution in [2.75, 3.05) is 38.7 Å². The molecule has 9 heteroatoms. The zero-order valence-corrected chi connectivity index (χ0v) is 16.3. The second-order valence-corrected chi connectivity index (χ2v) is 5.96. The van der Waals surface area contributed by atoms with E-state index < -0.39 is 0 Å². The van der Waals surface area contributed by atoms with E-state index >= 15 is 0 Å². The molecule has 28 heavy (non-hydrogen) atoms. The van der Waals surface area contributed by atoms with E-state index in [0.29, 0.717) is 31.6 Å². The number of ether oxygens (including phenoxy) is 1. The molecule has 0 saturated heterocycles. The molecule has 1 aromatic rings. The predicted molar refractivity (Wildman–Crippen MR) is 105 cm³/mol. The summed E-state index contributed by atoms with van der Waals surface area (Å²) in [6, 6.07) is 7.12. The largest absolute Gasteiger partial charge is 0.362 e. The van der Waals surface area contributed by atoms with Gasteiger partial charge < -0.3 is 26.0 Å². The van der Waals surface area contributed by atoms with Crippen LogP contribution in [-0.2, 0) is 30.3 Å². The Balaban J connectivity index is 2.27. The van der Waals surface area contributed by atoms with Crippen molar-refractivity contribution in [2.45, 2.75) is 26.2 Å². The maximum absolute atomic E-state index is 11.8. The highest BCUT2D eigenvalue weighted by Gasteiger charge is 2.07. The number of rotatable bonds is 12. The lowest BCUT2D eigenvalue weighted by Crippen LogP contribution is -2.29. The summed E-state index contributed by atoms with van der Waals surface area (Å²) in [5, 5.41) is 10.4. The highest BCUT2D eigenvalue weighted by molar-refractivity contribution is 5.91. The quantitative estimate of drug-likeness (QED) is 0.397. The Morgan fingerprint density at radius 3 is 2.18 bits per heavy atom. The second kappa shape index (κ2) is 13.3. The van der Waals surface area contributed by atoms with Crippen molar-refractivity contribution in [1.82, 2.24) is 16.0 Å². The number of hydrogen-bond acceptors (Lipinski definition) is 5. The molecule has 154 valence electrons. The second-order valence-electron chi connectivity index (χ2n) is 5.96. The van der Waals surface area contributed by atoms with Crippen molar-refractivity contribution in [1.29, 1.82) is 0 Å². The lowest BCUT2D eigenvalue weighted by molar-refractivity contribution is -0.129. The van der Waals surface area contributed by atoms with Gasteiger partial charge in [-0.3, -0.25) is 19.2 Å². The van der Waals surface area contributed by atoms with Gasteiger partial charge in [-0.25, -0.2) is 0 Å². The average molecular weight is 392 g/mol. The number of carbonyl (C=O) groups is 4. The summed E-state index contributed by atoms with van der Waals surface area (Å²) in [5.74, 6) is -0.858. The molecular weight excluding hydrogens is 364 g/mol. The third-order valence-corrected chi connectivity index (χ3v) is 3.67. The average Bonchev–Trinajstić information content (AvgIpc) is 2.67. The maximum atomic E-state index is 11.8. The van der Waals surface area contributed by atoms with Crippen molar-refractivity contribution in [3.8, 4) is 0 Å². The molecule has 0 atom stereocenters. The van der Waals surface area contributed by atoms with E-state index in [1.54, 1.807) is 26.1 Å². The van der Waals surface area contributed by atoms with Gasteiger partial charge in [0.25, 0.3) is 0 Å². The maximum Gasteiger partial charge on any atom is 0.250 e. The van der Waals surface area contributed by atoms with Gasteiger partial charge in [0.1, 0.15) is 13.2 Å². The van der Waals surface area contributed by atoms with Crippen LogP contribution in [0.15, 0.2) is 24.3 Å². The third-order valence-electron chi connectivity index (χ3n) is 3.67. The van der Waals surface area contributed by atoms with E-state index in [0.717, 1.165) is 5.56 Å². The minimum Gasteiger partial charge on any atom is -0.362 e. The lowest BCUT2D eigenvalue weighted by atomic mass is 10.1. The normalized spacial score (nSPS) is 10.1. The molecule has 0 aromatic heterocycles. The fraction of sp³-hybridized carbons (Fsp3) is 0.474. The van der Waals surface area contributed by atoms with Gasteiger partial charge >= 0.3 is 0 Å². The van der Waals surface area contributed by atoms with Crippen molar-refractivity contribution in [3.63, 3.8) is 0 Å². The first-order valence-electron chi connectivity index (χ1n) is 9.15. The van der Waals surface area contributed by atoms with Gasteiger partial charge in [0.05, 0.1) is 0 Å². The topological polar surface area (TPSA) is 126 Å². The Kier molecular flexibility index (Phi) is 10.9. The molecule has 4 N–H and O–H groups in total. The first-order valence-corrected chi connectivity index (χ1v) is 9.15. The SMILES string of the molecule is CCNC(=O)COCC(=O)Nc1ccc(CCC(=O)NCCC(=O)NC)cc1. The lowest BCUT2D eigenvalue weighted by Gasteiger charge is -2.08. The Bertz CT molecular complexity index is 661. The zero-order chi connectivity index (χ0) is 20.8. The summed E-state index contributed by atoms with van der Waals surface area (Å²) in [6.45, 7) is 2.25. The molecule has 1 aromatic carbocycles. The molecule has 0 radical (unpaired) electrons.